The number of thioether (sulfide) groups is 1. The third kappa shape index (κ3) is 6.47. The van der Waals surface area contributed by atoms with Gasteiger partial charge in [0, 0.05) is 23.9 Å². The highest BCUT2D eigenvalue weighted by atomic mass is 32.2. The van der Waals surface area contributed by atoms with E-state index in [4.69, 9.17) is 5.11 Å². The largest absolute Gasteiger partial charge is 0.481 e. The second-order valence-electron chi connectivity index (χ2n) is 4.48. The fourth-order valence-electron chi connectivity index (χ4n) is 1.55. The number of amides is 2. The van der Waals surface area contributed by atoms with Crippen LogP contribution < -0.4 is 10.6 Å². The van der Waals surface area contributed by atoms with Gasteiger partial charge >= 0.3 is 12.0 Å². The molecule has 1 unspecified atom stereocenters. The van der Waals surface area contributed by atoms with Gasteiger partial charge in [-0.3, -0.25) is 4.79 Å². The van der Waals surface area contributed by atoms with Gasteiger partial charge in [0.15, 0.2) is 0 Å². The Morgan fingerprint density at radius 3 is 2.80 bits per heavy atom. The summed E-state index contributed by atoms with van der Waals surface area (Å²) in [5.74, 6) is -0.827. The smallest absolute Gasteiger partial charge is 0.319 e. The van der Waals surface area contributed by atoms with Crippen LogP contribution in [0.3, 0.4) is 0 Å². The number of carboxylic acid groups (broad SMARTS) is 1. The van der Waals surface area contributed by atoms with Crippen molar-refractivity contribution >= 4 is 29.4 Å². The van der Waals surface area contributed by atoms with Crippen LogP contribution in [0.4, 0.5) is 10.5 Å². The molecule has 0 aromatic heterocycles. The standard InChI is InChI=1S/C14H20N2O3S/c1-10(20-2)9-15-14(19)16-12-5-3-4-11(8-12)6-7-13(17)18/h3-5,8,10H,6-7,9H2,1-2H3,(H,17,18)(H2,15,16,19). The zero-order valence-electron chi connectivity index (χ0n) is 11.7. The minimum atomic E-state index is -0.827. The van der Waals surface area contributed by atoms with Crippen LogP contribution in [-0.4, -0.2) is 35.2 Å². The van der Waals surface area contributed by atoms with Crippen molar-refractivity contribution in [3.8, 4) is 0 Å². The Kier molecular flexibility index (Phi) is 6.93. The van der Waals surface area contributed by atoms with Crippen LogP contribution in [0.25, 0.3) is 0 Å². The second-order valence-corrected chi connectivity index (χ2v) is 5.75. The monoisotopic (exact) mass is 296 g/mol. The lowest BCUT2D eigenvalue weighted by molar-refractivity contribution is -0.136. The number of benzene rings is 1. The van der Waals surface area contributed by atoms with Crippen molar-refractivity contribution in [1.82, 2.24) is 5.32 Å². The molecule has 0 aliphatic heterocycles. The summed E-state index contributed by atoms with van der Waals surface area (Å²) in [6.45, 7) is 2.64. The fraction of sp³-hybridized carbons (Fsp3) is 0.429. The normalized spacial score (nSPS) is 11.7. The molecule has 110 valence electrons. The van der Waals surface area contributed by atoms with Gasteiger partial charge in [0.2, 0.25) is 0 Å². The highest BCUT2D eigenvalue weighted by molar-refractivity contribution is 7.99. The van der Waals surface area contributed by atoms with E-state index in [1.165, 1.54) is 0 Å². The molecular formula is C14H20N2O3S. The fourth-order valence-corrected chi connectivity index (χ4v) is 1.80. The Bertz CT molecular complexity index is 465. The summed E-state index contributed by atoms with van der Waals surface area (Å²) in [6, 6.07) is 6.97. The molecule has 0 saturated heterocycles. The number of hydrogen-bond donors (Lipinski definition) is 3. The highest BCUT2D eigenvalue weighted by Gasteiger charge is 2.05. The first-order chi connectivity index (χ1) is 9.51. The molecule has 20 heavy (non-hydrogen) atoms. The Balaban J connectivity index is 2.48. The zero-order valence-corrected chi connectivity index (χ0v) is 12.5. The third-order valence-electron chi connectivity index (χ3n) is 2.76. The molecule has 0 fully saturated rings. The third-order valence-corrected chi connectivity index (χ3v) is 3.74. The van der Waals surface area contributed by atoms with E-state index in [1.54, 1.807) is 30.0 Å². The molecule has 0 heterocycles. The van der Waals surface area contributed by atoms with Gasteiger partial charge < -0.3 is 15.7 Å². The number of aliphatic carboxylic acids is 1. The van der Waals surface area contributed by atoms with Crippen molar-refractivity contribution in [1.29, 1.82) is 0 Å². The van der Waals surface area contributed by atoms with Crippen molar-refractivity contribution in [2.24, 2.45) is 0 Å². The van der Waals surface area contributed by atoms with Crippen molar-refractivity contribution in [3.05, 3.63) is 29.8 Å². The molecule has 0 saturated carbocycles. The van der Waals surface area contributed by atoms with Crippen LogP contribution in [0.5, 0.6) is 0 Å². The van der Waals surface area contributed by atoms with Gasteiger partial charge in [-0.15, -0.1) is 0 Å². The van der Waals surface area contributed by atoms with Crippen LogP contribution >= 0.6 is 11.8 Å². The van der Waals surface area contributed by atoms with Crippen molar-refractivity contribution in [2.75, 3.05) is 18.1 Å². The van der Waals surface area contributed by atoms with Gasteiger partial charge in [0.25, 0.3) is 0 Å². The number of carbonyl (C=O) groups is 2. The number of anilines is 1. The van der Waals surface area contributed by atoms with E-state index in [0.717, 1.165) is 5.56 Å². The van der Waals surface area contributed by atoms with Gasteiger partial charge in [-0.05, 0) is 30.4 Å². The Labute approximate surface area is 123 Å². The first kappa shape index (κ1) is 16.4. The Hall–Kier alpha value is -1.69. The van der Waals surface area contributed by atoms with Crippen LogP contribution in [-0.2, 0) is 11.2 Å². The van der Waals surface area contributed by atoms with E-state index in [1.807, 2.05) is 19.2 Å². The van der Waals surface area contributed by atoms with E-state index in [0.29, 0.717) is 23.9 Å². The number of carbonyl (C=O) groups excluding carboxylic acids is 1. The molecule has 1 aromatic rings. The summed E-state index contributed by atoms with van der Waals surface area (Å²) in [5, 5.41) is 14.5. The average molecular weight is 296 g/mol. The van der Waals surface area contributed by atoms with E-state index in [2.05, 4.69) is 10.6 Å². The molecule has 2 amide bonds. The number of nitrogens with one attached hydrogen (secondary N) is 2. The SMILES string of the molecule is CSC(C)CNC(=O)Nc1cccc(CCC(=O)O)c1. The minimum Gasteiger partial charge on any atom is -0.481 e. The van der Waals surface area contributed by atoms with Gasteiger partial charge in [0.1, 0.15) is 0 Å². The second kappa shape index (κ2) is 8.47. The van der Waals surface area contributed by atoms with E-state index < -0.39 is 5.97 Å². The van der Waals surface area contributed by atoms with Crippen molar-refractivity contribution in [3.63, 3.8) is 0 Å². The number of rotatable bonds is 7. The molecule has 1 rings (SSSR count). The summed E-state index contributed by atoms with van der Waals surface area (Å²) in [7, 11) is 0. The van der Waals surface area contributed by atoms with Crippen molar-refractivity contribution in [2.45, 2.75) is 25.0 Å². The van der Waals surface area contributed by atoms with E-state index in [9.17, 15) is 9.59 Å². The molecule has 0 aliphatic rings. The maximum Gasteiger partial charge on any atom is 0.319 e. The van der Waals surface area contributed by atoms with Crippen LogP contribution in [0, 0.1) is 0 Å². The molecule has 1 atom stereocenters. The summed E-state index contributed by atoms with van der Waals surface area (Å²) in [5.41, 5.74) is 1.56. The Morgan fingerprint density at radius 1 is 1.40 bits per heavy atom. The maximum absolute atomic E-state index is 11.7. The maximum atomic E-state index is 11.7. The molecule has 5 nitrogen and oxygen atoms in total. The first-order valence-corrected chi connectivity index (χ1v) is 7.68. The molecule has 0 aliphatic carbocycles. The van der Waals surface area contributed by atoms with Gasteiger partial charge in [-0.25, -0.2) is 4.79 Å². The van der Waals surface area contributed by atoms with Crippen LogP contribution in [0.15, 0.2) is 24.3 Å². The van der Waals surface area contributed by atoms with Crippen LogP contribution in [0.2, 0.25) is 0 Å². The van der Waals surface area contributed by atoms with Crippen LogP contribution in [0.1, 0.15) is 18.9 Å². The molecule has 0 spiro atoms. The Morgan fingerprint density at radius 2 is 2.15 bits per heavy atom. The van der Waals surface area contributed by atoms with Gasteiger partial charge in [0.05, 0.1) is 0 Å². The summed E-state index contributed by atoms with van der Waals surface area (Å²) in [6.07, 6.45) is 2.53. The number of carboxylic acids is 1. The average Bonchev–Trinajstić information content (AvgIpc) is 2.43. The summed E-state index contributed by atoms with van der Waals surface area (Å²) in [4.78, 5) is 22.2. The molecule has 0 bridgehead atoms. The lowest BCUT2D eigenvalue weighted by atomic mass is 10.1. The topological polar surface area (TPSA) is 78.4 Å². The highest BCUT2D eigenvalue weighted by Crippen LogP contribution is 2.12. The minimum absolute atomic E-state index is 0.0842. The first-order valence-electron chi connectivity index (χ1n) is 6.39. The molecule has 0 radical (unpaired) electrons. The summed E-state index contributed by atoms with van der Waals surface area (Å²) >= 11 is 1.69. The molecular weight excluding hydrogens is 276 g/mol. The van der Waals surface area contributed by atoms with E-state index in [-0.39, 0.29) is 12.5 Å². The molecule has 6 heteroatoms. The predicted molar refractivity (Wildman–Crippen MR) is 82.4 cm³/mol. The number of hydrogen-bond acceptors (Lipinski definition) is 3. The van der Waals surface area contributed by atoms with E-state index >= 15 is 0 Å². The zero-order chi connectivity index (χ0) is 15.0. The van der Waals surface area contributed by atoms with Gasteiger partial charge in [-0.2, -0.15) is 11.8 Å². The van der Waals surface area contributed by atoms with Crippen molar-refractivity contribution < 1.29 is 14.7 Å². The molecule has 3 N–H and O–H groups in total. The number of urea groups is 1. The predicted octanol–water partition coefficient (Wildman–Crippen LogP) is 2.58. The lowest BCUT2D eigenvalue weighted by Crippen LogP contribution is -2.33. The summed E-state index contributed by atoms with van der Waals surface area (Å²) < 4.78 is 0. The molecule has 1 aromatic carbocycles. The lowest BCUT2D eigenvalue weighted by Gasteiger charge is -2.11. The number of aryl methyl sites for hydroxylation is 1. The van der Waals surface area contributed by atoms with Gasteiger partial charge in [-0.1, -0.05) is 19.1 Å². The quantitative estimate of drug-likeness (QED) is 0.722.